The molecule has 166 valence electrons. The monoisotopic (exact) mass is 451 g/mol. The summed E-state index contributed by atoms with van der Waals surface area (Å²) >= 11 is 0. The average molecular weight is 451 g/mol. The van der Waals surface area contributed by atoms with Crippen LogP contribution in [0, 0.1) is 0 Å². The molecule has 0 aliphatic heterocycles. The van der Waals surface area contributed by atoms with Crippen molar-refractivity contribution in [2.24, 2.45) is 0 Å². The van der Waals surface area contributed by atoms with E-state index < -0.39 is 7.12 Å². The number of nitrogens with zero attached hydrogens (tertiary/aromatic N) is 1. The standard InChI is InChI=1S/C31H22BNO2/c34-32(35)21-17-20(31-27-13-3-1-9-23(27)24-10-2-4-14-28(24)31)18-22(19-21)33-29-15-7-5-11-25(29)26-12-6-8-16-30(26)33/h1-19,31,34-35H. The maximum absolute atomic E-state index is 10.3. The Morgan fingerprint density at radius 2 is 1.09 bits per heavy atom. The van der Waals surface area contributed by atoms with Gasteiger partial charge in [0.05, 0.1) is 11.0 Å². The minimum absolute atomic E-state index is 0.0212. The second-order valence-corrected chi connectivity index (χ2v) is 9.21. The summed E-state index contributed by atoms with van der Waals surface area (Å²) < 4.78 is 2.23. The van der Waals surface area contributed by atoms with Crippen LogP contribution in [-0.4, -0.2) is 21.7 Å². The van der Waals surface area contributed by atoms with Gasteiger partial charge in [0.15, 0.2) is 0 Å². The number of para-hydroxylation sites is 2. The van der Waals surface area contributed by atoms with E-state index in [2.05, 4.69) is 95.6 Å². The molecule has 0 spiro atoms. The summed E-state index contributed by atoms with van der Waals surface area (Å²) in [6, 6.07) is 39.8. The van der Waals surface area contributed by atoms with Gasteiger partial charge in [0.1, 0.15) is 0 Å². The summed E-state index contributed by atoms with van der Waals surface area (Å²) in [6.45, 7) is 0. The van der Waals surface area contributed by atoms with E-state index in [4.69, 9.17) is 0 Å². The van der Waals surface area contributed by atoms with Crippen LogP contribution in [0.25, 0.3) is 38.6 Å². The Balaban J connectivity index is 1.53. The molecule has 1 heterocycles. The van der Waals surface area contributed by atoms with E-state index in [1.54, 1.807) is 0 Å². The normalized spacial score (nSPS) is 12.7. The van der Waals surface area contributed by atoms with Crippen molar-refractivity contribution in [1.29, 1.82) is 0 Å². The molecule has 4 heteroatoms. The Bertz CT molecular complexity index is 1650. The van der Waals surface area contributed by atoms with E-state index in [0.29, 0.717) is 5.46 Å². The fraction of sp³-hybridized carbons (Fsp3) is 0.0323. The van der Waals surface area contributed by atoms with Crippen molar-refractivity contribution in [2.45, 2.75) is 5.92 Å². The molecule has 0 atom stereocenters. The second kappa shape index (κ2) is 7.71. The lowest BCUT2D eigenvalue weighted by molar-refractivity contribution is 0.425. The molecule has 35 heavy (non-hydrogen) atoms. The smallest absolute Gasteiger partial charge is 0.423 e. The molecule has 7 rings (SSSR count). The molecule has 0 amide bonds. The molecular formula is C31H22BNO2. The van der Waals surface area contributed by atoms with Crippen molar-refractivity contribution >= 4 is 34.4 Å². The van der Waals surface area contributed by atoms with Gasteiger partial charge < -0.3 is 14.6 Å². The van der Waals surface area contributed by atoms with E-state index in [-0.39, 0.29) is 5.92 Å². The van der Waals surface area contributed by atoms with Crippen molar-refractivity contribution in [1.82, 2.24) is 4.57 Å². The highest BCUT2D eigenvalue weighted by atomic mass is 16.4. The van der Waals surface area contributed by atoms with Gasteiger partial charge in [0, 0.05) is 22.4 Å². The molecule has 0 unspecified atom stereocenters. The first kappa shape index (κ1) is 20.3. The minimum Gasteiger partial charge on any atom is -0.423 e. The Labute approximate surface area is 203 Å². The third kappa shape index (κ3) is 3.01. The number of fused-ring (bicyclic) bond motifs is 6. The highest BCUT2D eigenvalue weighted by Gasteiger charge is 2.30. The molecule has 0 saturated heterocycles. The predicted octanol–water partition coefficient (Wildman–Crippen LogP) is 5.62. The van der Waals surface area contributed by atoms with Crippen molar-refractivity contribution in [3.63, 3.8) is 0 Å². The van der Waals surface area contributed by atoms with Crippen molar-refractivity contribution < 1.29 is 10.0 Å². The zero-order chi connectivity index (χ0) is 23.5. The molecule has 0 bridgehead atoms. The quantitative estimate of drug-likeness (QED) is 0.343. The summed E-state index contributed by atoms with van der Waals surface area (Å²) in [5.74, 6) is 0.0212. The zero-order valence-corrected chi connectivity index (χ0v) is 19.0. The van der Waals surface area contributed by atoms with Crippen LogP contribution < -0.4 is 5.46 Å². The lowest BCUT2D eigenvalue weighted by atomic mass is 9.77. The first-order valence-electron chi connectivity index (χ1n) is 11.9. The highest BCUT2D eigenvalue weighted by molar-refractivity contribution is 6.58. The van der Waals surface area contributed by atoms with Crippen molar-refractivity contribution in [2.75, 3.05) is 0 Å². The van der Waals surface area contributed by atoms with Crippen LogP contribution in [0.1, 0.15) is 22.6 Å². The second-order valence-electron chi connectivity index (χ2n) is 9.21. The largest absolute Gasteiger partial charge is 0.488 e. The van der Waals surface area contributed by atoms with Gasteiger partial charge in [-0.1, -0.05) is 91.0 Å². The summed E-state index contributed by atoms with van der Waals surface area (Å²) in [5, 5.41) is 22.9. The van der Waals surface area contributed by atoms with Gasteiger partial charge in [0.25, 0.3) is 0 Å². The SMILES string of the molecule is OB(O)c1cc(C2c3ccccc3-c3ccccc32)cc(-n2c3ccccc3c3ccccc32)c1. The molecule has 3 nitrogen and oxygen atoms in total. The fourth-order valence-corrected chi connectivity index (χ4v) is 5.82. The molecular weight excluding hydrogens is 429 g/mol. The van der Waals surface area contributed by atoms with Crippen LogP contribution in [0.3, 0.4) is 0 Å². The number of hydrogen-bond donors (Lipinski definition) is 2. The van der Waals surface area contributed by atoms with Crippen LogP contribution in [0.5, 0.6) is 0 Å². The molecule has 0 saturated carbocycles. The lowest BCUT2D eigenvalue weighted by Crippen LogP contribution is -2.31. The molecule has 0 radical (unpaired) electrons. The fourth-order valence-electron chi connectivity index (χ4n) is 5.82. The molecule has 1 aliphatic rings. The van der Waals surface area contributed by atoms with Gasteiger partial charge in [0.2, 0.25) is 0 Å². The first-order chi connectivity index (χ1) is 17.2. The van der Waals surface area contributed by atoms with Crippen molar-refractivity contribution in [3.05, 3.63) is 132 Å². The highest BCUT2D eigenvalue weighted by Crippen LogP contribution is 2.48. The summed E-state index contributed by atoms with van der Waals surface area (Å²) in [6.07, 6.45) is 0. The molecule has 1 aromatic heterocycles. The van der Waals surface area contributed by atoms with Crippen LogP contribution in [-0.2, 0) is 0 Å². The Morgan fingerprint density at radius 1 is 0.571 bits per heavy atom. The number of rotatable bonds is 3. The molecule has 0 fully saturated rings. The number of aromatic nitrogens is 1. The summed E-state index contributed by atoms with van der Waals surface area (Å²) in [7, 11) is -1.56. The van der Waals surface area contributed by atoms with Crippen LogP contribution >= 0.6 is 0 Å². The third-order valence-electron chi connectivity index (χ3n) is 7.27. The molecule has 1 aliphatic carbocycles. The molecule has 2 N–H and O–H groups in total. The van der Waals surface area contributed by atoms with E-state index in [9.17, 15) is 10.0 Å². The van der Waals surface area contributed by atoms with E-state index >= 15 is 0 Å². The van der Waals surface area contributed by atoms with Crippen LogP contribution in [0.4, 0.5) is 0 Å². The van der Waals surface area contributed by atoms with Gasteiger partial charge in [-0.15, -0.1) is 0 Å². The number of hydrogen-bond acceptors (Lipinski definition) is 2. The maximum atomic E-state index is 10.3. The third-order valence-corrected chi connectivity index (χ3v) is 7.27. The van der Waals surface area contributed by atoms with Crippen molar-refractivity contribution in [3.8, 4) is 16.8 Å². The van der Waals surface area contributed by atoms with E-state index in [1.165, 1.54) is 33.0 Å². The Hall–Kier alpha value is -4.12. The Morgan fingerprint density at radius 3 is 1.66 bits per heavy atom. The van der Waals surface area contributed by atoms with E-state index in [1.807, 2.05) is 24.3 Å². The summed E-state index contributed by atoms with van der Waals surface area (Å²) in [5.41, 5.74) is 9.60. The van der Waals surface area contributed by atoms with E-state index in [0.717, 1.165) is 22.3 Å². The molecule has 5 aromatic carbocycles. The van der Waals surface area contributed by atoms with Crippen LogP contribution in [0.15, 0.2) is 115 Å². The number of benzene rings is 5. The predicted molar refractivity (Wildman–Crippen MR) is 143 cm³/mol. The minimum atomic E-state index is -1.56. The van der Waals surface area contributed by atoms with Gasteiger partial charge in [-0.3, -0.25) is 0 Å². The van der Waals surface area contributed by atoms with Gasteiger partial charge in [-0.05, 0) is 57.5 Å². The first-order valence-corrected chi connectivity index (χ1v) is 11.9. The molecule has 6 aromatic rings. The lowest BCUT2D eigenvalue weighted by Gasteiger charge is -2.19. The summed E-state index contributed by atoms with van der Waals surface area (Å²) in [4.78, 5) is 0. The average Bonchev–Trinajstić information content (AvgIpc) is 3.42. The maximum Gasteiger partial charge on any atom is 0.488 e. The van der Waals surface area contributed by atoms with Gasteiger partial charge in [-0.2, -0.15) is 0 Å². The topological polar surface area (TPSA) is 45.4 Å². The van der Waals surface area contributed by atoms with Crippen LogP contribution in [0.2, 0.25) is 0 Å². The zero-order valence-electron chi connectivity index (χ0n) is 19.0. The Kier molecular flexibility index (Phi) is 4.46. The van der Waals surface area contributed by atoms with Gasteiger partial charge >= 0.3 is 7.12 Å². The van der Waals surface area contributed by atoms with Gasteiger partial charge in [-0.25, -0.2) is 0 Å².